The van der Waals surface area contributed by atoms with E-state index in [1.807, 2.05) is 6.92 Å². The average Bonchev–Trinajstić information content (AvgIpc) is 2.08. The molecule has 0 rings (SSSR count). The first-order valence-corrected chi connectivity index (χ1v) is 5.70. The van der Waals surface area contributed by atoms with Crippen LogP contribution in [0.1, 0.15) is 27.2 Å². The Balaban J connectivity index is 3.67. The van der Waals surface area contributed by atoms with Gasteiger partial charge in [-0.1, -0.05) is 13.8 Å². The van der Waals surface area contributed by atoms with E-state index in [0.717, 1.165) is 19.5 Å². The summed E-state index contributed by atoms with van der Waals surface area (Å²) in [6, 6.07) is -0.0544. The van der Waals surface area contributed by atoms with Crippen molar-refractivity contribution in [1.82, 2.24) is 10.2 Å². The first kappa shape index (κ1) is 15.7. The van der Waals surface area contributed by atoms with Crippen LogP contribution in [0.25, 0.3) is 0 Å². The van der Waals surface area contributed by atoms with Gasteiger partial charge < -0.3 is 5.32 Å². The van der Waals surface area contributed by atoms with Crippen molar-refractivity contribution in [2.75, 3.05) is 26.7 Å². The second kappa shape index (κ2) is 7.12. The van der Waals surface area contributed by atoms with Crippen molar-refractivity contribution in [3.05, 3.63) is 0 Å². The van der Waals surface area contributed by atoms with Gasteiger partial charge in [0.25, 0.3) is 0 Å². The molecule has 2 nitrogen and oxygen atoms in total. The van der Waals surface area contributed by atoms with E-state index in [2.05, 4.69) is 19.2 Å². The van der Waals surface area contributed by atoms with Gasteiger partial charge in [-0.2, -0.15) is 13.2 Å². The minimum atomic E-state index is -4.10. The molecular weight excluding hydrogens is 217 g/mol. The Kier molecular flexibility index (Phi) is 6.99. The predicted molar refractivity (Wildman–Crippen MR) is 60.5 cm³/mol. The predicted octanol–water partition coefficient (Wildman–Crippen LogP) is 2.50. The molecule has 16 heavy (non-hydrogen) atoms. The van der Waals surface area contributed by atoms with Crippen LogP contribution in [0.2, 0.25) is 0 Å². The van der Waals surface area contributed by atoms with Crippen LogP contribution in [-0.4, -0.2) is 43.8 Å². The molecule has 1 unspecified atom stereocenters. The summed E-state index contributed by atoms with van der Waals surface area (Å²) >= 11 is 0. The number of hydrogen-bond donors (Lipinski definition) is 1. The van der Waals surface area contributed by atoms with Gasteiger partial charge in [-0.05, 0) is 39.4 Å². The Labute approximate surface area is 96.2 Å². The fourth-order valence-corrected chi connectivity index (χ4v) is 1.36. The molecule has 0 spiro atoms. The third-order valence-electron chi connectivity index (χ3n) is 2.47. The number of nitrogens with one attached hydrogen (secondary N) is 1. The summed E-state index contributed by atoms with van der Waals surface area (Å²) in [6.07, 6.45) is -3.37. The molecule has 0 amide bonds. The molecule has 0 aliphatic carbocycles. The lowest BCUT2D eigenvalue weighted by atomic mass is 10.2. The molecule has 1 atom stereocenters. The lowest BCUT2D eigenvalue weighted by molar-refractivity contribution is -0.147. The fourth-order valence-electron chi connectivity index (χ4n) is 1.36. The molecule has 0 aromatic carbocycles. The van der Waals surface area contributed by atoms with Gasteiger partial charge in [0.15, 0.2) is 0 Å². The molecule has 0 bridgehead atoms. The van der Waals surface area contributed by atoms with Crippen LogP contribution >= 0.6 is 0 Å². The molecule has 0 aliphatic rings. The Bertz CT molecular complexity index is 181. The lowest BCUT2D eigenvalue weighted by Gasteiger charge is -2.25. The van der Waals surface area contributed by atoms with Crippen molar-refractivity contribution >= 4 is 0 Å². The van der Waals surface area contributed by atoms with E-state index in [1.165, 1.54) is 11.9 Å². The average molecular weight is 240 g/mol. The Morgan fingerprint density at radius 1 is 1.19 bits per heavy atom. The third kappa shape index (κ3) is 8.97. The zero-order chi connectivity index (χ0) is 12.8. The van der Waals surface area contributed by atoms with Crippen molar-refractivity contribution in [3.8, 4) is 0 Å². The topological polar surface area (TPSA) is 15.3 Å². The largest absolute Gasteiger partial charge is 0.401 e. The van der Waals surface area contributed by atoms with Crippen molar-refractivity contribution in [2.45, 2.75) is 39.4 Å². The highest BCUT2D eigenvalue weighted by Gasteiger charge is 2.30. The maximum atomic E-state index is 12.1. The maximum Gasteiger partial charge on any atom is 0.401 e. The van der Waals surface area contributed by atoms with Crippen molar-refractivity contribution in [2.24, 2.45) is 5.92 Å². The highest BCUT2D eigenvalue weighted by atomic mass is 19.4. The van der Waals surface area contributed by atoms with Crippen molar-refractivity contribution in [1.29, 1.82) is 0 Å². The van der Waals surface area contributed by atoms with E-state index in [-0.39, 0.29) is 6.04 Å². The van der Waals surface area contributed by atoms with Gasteiger partial charge >= 0.3 is 6.18 Å². The van der Waals surface area contributed by atoms with Gasteiger partial charge in [0.05, 0.1) is 6.54 Å². The normalized spacial score (nSPS) is 14.8. The van der Waals surface area contributed by atoms with Crippen molar-refractivity contribution in [3.63, 3.8) is 0 Å². The second-order valence-corrected chi connectivity index (χ2v) is 4.77. The molecule has 0 aliphatic heterocycles. The Hall–Kier alpha value is -0.290. The van der Waals surface area contributed by atoms with Crippen LogP contribution in [0, 0.1) is 5.92 Å². The van der Waals surface area contributed by atoms with Gasteiger partial charge in [0.1, 0.15) is 0 Å². The first-order chi connectivity index (χ1) is 7.22. The number of rotatable bonds is 7. The van der Waals surface area contributed by atoms with E-state index in [1.54, 1.807) is 0 Å². The quantitative estimate of drug-likeness (QED) is 0.688. The van der Waals surface area contributed by atoms with E-state index < -0.39 is 12.7 Å². The molecule has 5 heteroatoms. The molecule has 1 N–H and O–H groups in total. The van der Waals surface area contributed by atoms with E-state index in [0.29, 0.717) is 5.92 Å². The minimum Gasteiger partial charge on any atom is -0.316 e. The van der Waals surface area contributed by atoms with E-state index >= 15 is 0 Å². The van der Waals surface area contributed by atoms with Crippen LogP contribution in [0.15, 0.2) is 0 Å². The number of alkyl halides is 3. The molecule has 0 heterocycles. The summed E-state index contributed by atoms with van der Waals surface area (Å²) in [5.41, 5.74) is 0. The maximum absolute atomic E-state index is 12.1. The van der Waals surface area contributed by atoms with Crippen LogP contribution in [-0.2, 0) is 0 Å². The molecule has 0 aromatic heterocycles. The van der Waals surface area contributed by atoms with Gasteiger partial charge in [-0.3, -0.25) is 4.90 Å². The molecule has 0 fully saturated rings. The van der Waals surface area contributed by atoms with Crippen LogP contribution < -0.4 is 5.32 Å². The molecular formula is C11H23F3N2. The lowest BCUT2D eigenvalue weighted by Crippen LogP contribution is -2.39. The molecule has 0 saturated carbocycles. The Morgan fingerprint density at radius 2 is 1.75 bits per heavy atom. The summed E-state index contributed by atoms with van der Waals surface area (Å²) in [5.74, 6) is 0.572. The van der Waals surface area contributed by atoms with E-state index in [9.17, 15) is 13.2 Å². The summed E-state index contributed by atoms with van der Waals surface area (Å²) in [4.78, 5) is 1.34. The minimum absolute atomic E-state index is 0.0544. The first-order valence-electron chi connectivity index (χ1n) is 5.70. The highest BCUT2D eigenvalue weighted by Crippen LogP contribution is 2.17. The van der Waals surface area contributed by atoms with Crippen LogP contribution in [0.3, 0.4) is 0 Å². The summed E-state index contributed by atoms with van der Waals surface area (Å²) in [7, 11) is 1.51. The zero-order valence-corrected chi connectivity index (χ0v) is 10.6. The van der Waals surface area contributed by atoms with Crippen LogP contribution in [0.4, 0.5) is 13.2 Å². The van der Waals surface area contributed by atoms with Crippen molar-refractivity contribution < 1.29 is 13.2 Å². The van der Waals surface area contributed by atoms with Gasteiger partial charge in [0, 0.05) is 6.04 Å². The summed E-state index contributed by atoms with van der Waals surface area (Å²) < 4.78 is 36.3. The standard InChI is InChI=1S/C11H23F3N2/c1-9(2)7-15-6-5-10(3)16(4)8-11(12,13)14/h9-10,15H,5-8H2,1-4H3. The molecule has 0 saturated heterocycles. The monoisotopic (exact) mass is 240 g/mol. The zero-order valence-electron chi connectivity index (χ0n) is 10.6. The SMILES string of the molecule is CC(C)CNCCC(C)N(C)CC(F)(F)F. The fraction of sp³-hybridized carbons (Fsp3) is 1.00. The summed E-state index contributed by atoms with van der Waals surface area (Å²) in [6.45, 7) is 6.87. The molecule has 98 valence electrons. The van der Waals surface area contributed by atoms with Gasteiger partial charge in [-0.15, -0.1) is 0 Å². The third-order valence-corrected chi connectivity index (χ3v) is 2.47. The number of halogens is 3. The highest BCUT2D eigenvalue weighted by molar-refractivity contribution is 4.68. The molecule has 0 aromatic rings. The Morgan fingerprint density at radius 3 is 2.19 bits per heavy atom. The second-order valence-electron chi connectivity index (χ2n) is 4.77. The summed E-state index contributed by atoms with van der Waals surface area (Å²) in [5, 5.41) is 3.23. The number of nitrogens with zero attached hydrogens (tertiary/aromatic N) is 1. The number of hydrogen-bond acceptors (Lipinski definition) is 2. The van der Waals surface area contributed by atoms with Crippen LogP contribution in [0.5, 0.6) is 0 Å². The van der Waals surface area contributed by atoms with E-state index in [4.69, 9.17) is 0 Å². The van der Waals surface area contributed by atoms with Gasteiger partial charge in [0.2, 0.25) is 0 Å². The smallest absolute Gasteiger partial charge is 0.316 e. The van der Waals surface area contributed by atoms with Gasteiger partial charge in [-0.25, -0.2) is 0 Å². The molecule has 0 radical (unpaired) electrons.